The van der Waals surface area contributed by atoms with Crippen LogP contribution in [0.2, 0.25) is 0 Å². The van der Waals surface area contributed by atoms with Crippen molar-refractivity contribution >= 4 is 5.97 Å². The molecule has 0 aromatic carbocycles. The van der Waals surface area contributed by atoms with E-state index in [-0.39, 0.29) is 6.61 Å². The van der Waals surface area contributed by atoms with E-state index in [1.165, 1.54) is 0 Å². The number of esters is 1. The lowest BCUT2D eigenvalue weighted by molar-refractivity contribution is -0.140. The highest BCUT2D eigenvalue weighted by atomic mass is 16.5. The van der Waals surface area contributed by atoms with Gasteiger partial charge in [-0.15, -0.1) is 6.58 Å². The molecule has 0 amide bonds. The highest BCUT2D eigenvalue weighted by Crippen LogP contribution is 2.08. The van der Waals surface area contributed by atoms with Crippen molar-refractivity contribution in [2.45, 2.75) is 26.9 Å². The van der Waals surface area contributed by atoms with E-state index in [2.05, 4.69) is 23.1 Å². The van der Waals surface area contributed by atoms with Crippen molar-refractivity contribution in [3.8, 4) is 0 Å². The first kappa shape index (κ1) is 12.2. The number of carbonyl (C=O) groups is 1. The first-order valence-electron chi connectivity index (χ1n) is 5.02. The number of carbonyl (C=O) groups excluding carboxylic acids is 1. The predicted molar refractivity (Wildman–Crippen MR) is 61.8 cm³/mol. The fourth-order valence-electron chi connectivity index (χ4n) is 1.19. The molecule has 0 atom stereocenters. The van der Waals surface area contributed by atoms with Crippen molar-refractivity contribution in [3.63, 3.8) is 0 Å². The average molecular weight is 220 g/mol. The van der Waals surface area contributed by atoms with Crippen LogP contribution in [-0.2, 0) is 22.6 Å². The van der Waals surface area contributed by atoms with Gasteiger partial charge in [-0.3, -0.25) is 0 Å². The molecule has 0 saturated heterocycles. The van der Waals surface area contributed by atoms with Crippen LogP contribution in [0.25, 0.3) is 0 Å². The summed E-state index contributed by atoms with van der Waals surface area (Å²) >= 11 is 0. The number of ether oxygens (including phenoxy) is 1. The number of rotatable bonds is 5. The molecule has 0 saturated carbocycles. The quantitative estimate of drug-likeness (QED) is 0.469. The Morgan fingerprint density at radius 3 is 2.88 bits per heavy atom. The van der Waals surface area contributed by atoms with E-state index in [1.54, 1.807) is 13.0 Å². The van der Waals surface area contributed by atoms with Gasteiger partial charge in [0.25, 0.3) is 0 Å². The van der Waals surface area contributed by atoms with Gasteiger partial charge in [0.1, 0.15) is 12.4 Å². The number of allylic oxidation sites excluding steroid dienone is 1. The number of nitrogens with one attached hydrogen (secondary N) is 1. The smallest absolute Gasteiger partial charge is 0.333 e. The van der Waals surface area contributed by atoms with E-state index in [0.717, 1.165) is 17.2 Å². The molecule has 1 N–H and O–H groups in total. The molecule has 0 aliphatic rings. The summed E-state index contributed by atoms with van der Waals surface area (Å²) in [5, 5.41) is 0. The van der Waals surface area contributed by atoms with Gasteiger partial charge in [-0.05, 0) is 13.8 Å². The molecule has 4 heteroatoms. The number of hydrogen-bond donors (Lipinski definition) is 1. The number of hydrogen-bond acceptors (Lipinski definition) is 3. The Hall–Kier alpha value is -1.84. The molecule has 0 fully saturated rings. The number of H-pyrrole nitrogens is 1. The van der Waals surface area contributed by atoms with Crippen molar-refractivity contribution in [1.29, 1.82) is 0 Å². The predicted octanol–water partition coefficient (Wildman–Crippen LogP) is 2.07. The SMILES string of the molecule is C=CCc1nc(COC(=O)C(=C)C)c(C)[nH]1. The standard InChI is InChI=1S/C12H16N2O2/c1-5-6-11-13-9(4)10(14-11)7-16-12(15)8(2)3/h5H,1-2,6-7H2,3-4H3,(H,13,14). The van der Waals surface area contributed by atoms with Gasteiger partial charge in [-0.2, -0.15) is 0 Å². The minimum absolute atomic E-state index is 0.172. The summed E-state index contributed by atoms with van der Waals surface area (Å²) in [7, 11) is 0. The largest absolute Gasteiger partial charge is 0.456 e. The first-order chi connectivity index (χ1) is 7.54. The minimum atomic E-state index is -0.396. The van der Waals surface area contributed by atoms with E-state index in [0.29, 0.717) is 12.0 Å². The number of aromatic amines is 1. The van der Waals surface area contributed by atoms with Crippen molar-refractivity contribution in [2.24, 2.45) is 0 Å². The molecule has 0 unspecified atom stereocenters. The molecule has 86 valence electrons. The number of aromatic nitrogens is 2. The number of aryl methyl sites for hydroxylation is 1. The summed E-state index contributed by atoms with van der Waals surface area (Å²) in [6.07, 6.45) is 2.44. The Balaban J connectivity index is 2.63. The summed E-state index contributed by atoms with van der Waals surface area (Å²) in [6.45, 7) is 10.8. The zero-order valence-electron chi connectivity index (χ0n) is 9.67. The molecule has 1 heterocycles. The Morgan fingerprint density at radius 2 is 2.31 bits per heavy atom. The van der Waals surface area contributed by atoms with Gasteiger partial charge in [-0.1, -0.05) is 12.7 Å². The average Bonchev–Trinajstić information content (AvgIpc) is 2.56. The summed E-state index contributed by atoms with van der Waals surface area (Å²) in [4.78, 5) is 18.6. The molecule has 0 aliphatic carbocycles. The van der Waals surface area contributed by atoms with Crippen LogP contribution in [0.4, 0.5) is 0 Å². The molecular weight excluding hydrogens is 204 g/mol. The first-order valence-corrected chi connectivity index (χ1v) is 5.02. The van der Waals surface area contributed by atoms with Gasteiger partial charge >= 0.3 is 5.97 Å². The van der Waals surface area contributed by atoms with Crippen LogP contribution < -0.4 is 0 Å². The van der Waals surface area contributed by atoms with Gasteiger partial charge < -0.3 is 9.72 Å². The summed E-state index contributed by atoms with van der Waals surface area (Å²) in [5.74, 6) is 0.432. The van der Waals surface area contributed by atoms with Gasteiger partial charge in [-0.25, -0.2) is 9.78 Å². The molecule has 0 spiro atoms. The zero-order valence-corrected chi connectivity index (χ0v) is 9.67. The third kappa shape index (κ3) is 3.08. The second kappa shape index (κ2) is 5.30. The van der Waals surface area contributed by atoms with Crippen LogP contribution in [0, 0.1) is 6.92 Å². The van der Waals surface area contributed by atoms with Crippen molar-refractivity contribution in [3.05, 3.63) is 42.0 Å². The van der Waals surface area contributed by atoms with Crippen molar-refractivity contribution < 1.29 is 9.53 Å². The Labute approximate surface area is 95.0 Å². The van der Waals surface area contributed by atoms with Gasteiger partial charge in [0.15, 0.2) is 0 Å². The molecule has 1 aromatic heterocycles. The summed E-state index contributed by atoms with van der Waals surface area (Å²) in [5.41, 5.74) is 2.04. The fourth-order valence-corrected chi connectivity index (χ4v) is 1.19. The molecule has 1 rings (SSSR count). The number of imidazole rings is 1. The van der Waals surface area contributed by atoms with Crippen LogP contribution in [0.15, 0.2) is 24.8 Å². The van der Waals surface area contributed by atoms with Crippen LogP contribution >= 0.6 is 0 Å². The Kier molecular flexibility index (Phi) is 4.05. The summed E-state index contributed by atoms with van der Waals surface area (Å²) < 4.78 is 5.01. The lowest BCUT2D eigenvalue weighted by Gasteiger charge is -2.01. The van der Waals surface area contributed by atoms with E-state index in [4.69, 9.17) is 4.74 Å². The van der Waals surface area contributed by atoms with Crippen molar-refractivity contribution in [2.75, 3.05) is 0 Å². The van der Waals surface area contributed by atoms with Crippen molar-refractivity contribution in [1.82, 2.24) is 9.97 Å². The molecular formula is C12H16N2O2. The molecule has 0 radical (unpaired) electrons. The minimum Gasteiger partial charge on any atom is -0.456 e. The van der Waals surface area contributed by atoms with Gasteiger partial charge in [0.05, 0.1) is 5.69 Å². The Morgan fingerprint density at radius 1 is 1.62 bits per heavy atom. The lowest BCUT2D eigenvalue weighted by Crippen LogP contribution is -2.05. The second-order valence-electron chi connectivity index (χ2n) is 3.60. The van der Waals surface area contributed by atoms with E-state index >= 15 is 0 Å². The zero-order chi connectivity index (χ0) is 12.1. The third-order valence-corrected chi connectivity index (χ3v) is 2.06. The summed E-state index contributed by atoms with van der Waals surface area (Å²) in [6, 6.07) is 0. The monoisotopic (exact) mass is 220 g/mol. The van der Waals surface area contributed by atoms with E-state index in [9.17, 15) is 4.79 Å². The molecule has 0 aliphatic heterocycles. The topological polar surface area (TPSA) is 55.0 Å². The number of nitrogens with zero attached hydrogens (tertiary/aromatic N) is 1. The maximum absolute atomic E-state index is 11.2. The second-order valence-corrected chi connectivity index (χ2v) is 3.60. The fraction of sp³-hybridized carbons (Fsp3) is 0.333. The molecule has 4 nitrogen and oxygen atoms in total. The normalized spacial score (nSPS) is 9.88. The lowest BCUT2D eigenvalue weighted by atomic mass is 10.3. The van der Waals surface area contributed by atoms with Crippen LogP contribution in [0.1, 0.15) is 24.1 Å². The molecule has 0 bridgehead atoms. The highest BCUT2D eigenvalue weighted by molar-refractivity contribution is 5.86. The Bertz CT molecular complexity index is 419. The van der Waals surface area contributed by atoms with Gasteiger partial charge in [0, 0.05) is 17.7 Å². The third-order valence-electron chi connectivity index (χ3n) is 2.06. The van der Waals surface area contributed by atoms with Crippen LogP contribution in [0.5, 0.6) is 0 Å². The van der Waals surface area contributed by atoms with Crippen LogP contribution in [-0.4, -0.2) is 15.9 Å². The molecule has 16 heavy (non-hydrogen) atoms. The van der Waals surface area contributed by atoms with Crippen LogP contribution in [0.3, 0.4) is 0 Å². The highest BCUT2D eigenvalue weighted by Gasteiger charge is 2.09. The van der Waals surface area contributed by atoms with E-state index in [1.807, 2.05) is 6.92 Å². The molecule has 1 aromatic rings. The maximum atomic E-state index is 11.2. The van der Waals surface area contributed by atoms with E-state index < -0.39 is 5.97 Å². The van der Waals surface area contributed by atoms with Gasteiger partial charge in [0.2, 0.25) is 0 Å². The maximum Gasteiger partial charge on any atom is 0.333 e.